The van der Waals surface area contributed by atoms with Crippen LogP contribution in [-0.4, -0.2) is 37.6 Å². The summed E-state index contributed by atoms with van der Waals surface area (Å²) in [5.41, 5.74) is 1.13. The smallest absolute Gasteiger partial charge is 0.160 e. The van der Waals surface area contributed by atoms with E-state index in [4.69, 9.17) is 9.47 Å². The van der Waals surface area contributed by atoms with Crippen molar-refractivity contribution in [3.63, 3.8) is 0 Å². The summed E-state index contributed by atoms with van der Waals surface area (Å²) in [6.07, 6.45) is 0.940. The molecule has 0 spiro atoms. The highest BCUT2D eigenvalue weighted by molar-refractivity contribution is 5.43. The average Bonchev–Trinajstić information content (AvgIpc) is 2.38. The standard InChI is InChI=1S/C14H23NO3/c1-5-8-15(16)10-11(2)12-6-7-13(17-3)14(9-12)18-4/h6-7,9,11,16H,5,8,10H2,1-4H3. The first-order valence-corrected chi connectivity index (χ1v) is 6.28. The molecule has 0 aromatic heterocycles. The molecular formula is C14H23NO3. The Morgan fingerprint density at radius 2 is 1.89 bits per heavy atom. The number of methoxy groups -OCH3 is 2. The van der Waals surface area contributed by atoms with Crippen LogP contribution < -0.4 is 9.47 Å². The van der Waals surface area contributed by atoms with Gasteiger partial charge in [-0.1, -0.05) is 19.9 Å². The molecule has 18 heavy (non-hydrogen) atoms. The van der Waals surface area contributed by atoms with Crippen molar-refractivity contribution in [2.45, 2.75) is 26.2 Å². The molecular weight excluding hydrogens is 230 g/mol. The number of ether oxygens (including phenoxy) is 2. The summed E-state index contributed by atoms with van der Waals surface area (Å²) in [6.45, 7) is 5.44. The number of rotatable bonds is 7. The normalized spacial score (nSPS) is 12.6. The monoisotopic (exact) mass is 253 g/mol. The molecule has 0 heterocycles. The van der Waals surface area contributed by atoms with E-state index in [2.05, 4.69) is 6.92 Å². The van der Waals surface area contributed by atoms with Crippen molar-refractivity contribution in [3.05, 3.63) is 23.8 Å². The predicted molar refractivity (Wildman–Crippen MR) is 71.6 cm³/mol. The van der Waals surface area contributed by atoms with E-state index in [-0.39, 0.29) is 5.92 Å². The quantitative estimate of drug-likeness (QED) is 0.759. The summed E-state index contributed by atoms with van der Waals surface area (Å²) in [7, 11) is 3.25. The zero-order valence-corrected chi connectivity index (χ0v) is 11.6. The molecule has 1 aromatic carbocycles. The molecule has 1 aromatic rings. The molecule has 0 aliphatic heterocycles. The maximum atomic E-state index is 9.69. The van der Waals surface area contributed by atoms with Gasteiger partial charge in [0.25, 0.3) is 0 Å². The van der Waals surface area contributed by atoms with Gasteiger partial charge in [-0.25, -0.2) is 0 Å². The van der Waals surface area contributed by atoms with Crippen molar-refractivity contribution in [2.75, 3.05) is 27.3 Å². The Balaban J connectivity index is 2.76. The molecule has 0 aliphatic rings. The summed E-state index contributed by atoms with van der Waals surface area (Å²) in [5, 5.41) is 11.0. The van der Waals surface area contributed by atoms with Crippen LogP contribution in [0.5, 0.6) is 11.5 Å². The lowest BCUT2D eigenvalue weighted by atomic mass is 10.0. The van der Waals surface area contributed by atoms with E-state index in [0.717, 1.165) is 23.5 Å². The van der Waals surface area contributed by atoms with E-state index in [1.807, 2.05) is 25.1 Å². The molecule has 4 heteroatoms. The van der Waals surface area contributed by atoms with Crippen molar-refractivity contribution < 1.29 is 14.7 Å². The molecule has 1 atom stereocenters. The fraction of sp³-hybridized carbons (Fsp3) is 0.571. The van der Waals surface area contributed by atoms with E-state index in [1.54, 1.807) is 14.2 Å². The maximum Gasteiger partial charge on any atom is 0.160 e. The lowest BCUT2D eigenvalue weighted by Gasteiger charge is -2.20. The first-order valence-electron chi connectivity index (χ1n) is 6.28. The van der Waals surface area contributed by atoms with Crippen LogP contribution in [0.25, 0.3) is 0 Å². The lowest BCUT2D eigenvalue weighted by molar-refractivity contribution is -0.0936. The van der Waals surface area contributed by atoms with Crippen molar-refractivity contribution in [1.29, 1.82) is 0 Å². The van der Waals surface area contributed by atoms with Gasteiger partial charge < -0.3 is 14.7 Å². The second-order valence-corrected chi connectivity index (χ2v) is 4.43. The van der Waals surface area contributed by atoms with E-state index in [1.165, 1.54) is 5.06 Å². The topological polar surface area (TPSA) is 41.9 Å². The molecule has 1 rings (SSSR count). The summed E-state index contributed by atoms with van der Waals surface area (Å²) >= 11 is 0. The second kappa shape index (κ2) is 7.24. The van der Waals surface area contributed by atoms with Crippen LogP contribution >= 0.6 is 0 Å². The van der Waals surface area contributed by atoms with Crippen LogP contribution in [0, 0.1) is 0 Å². The Morgan fingerprint density at radius 1 is 1.22 bits per heavy atom. The number of hydroxylamine groups is 2. The zero-order chi connectivity index (χ0) is 13.5. The van der Waals surface area contributed by atoms with Gasteiger partial charge in [-0.15, -0.1) is 0 Å². The van der Waals surface area contributed by atoms with Crippen molar-refractivity contribution in [1.82, 2.24) is 5.06 Å². The van der Waals surface area contributed by atoms with E-state index in [9.17, 15) is 5.21 Å². The van der Waals surface area contributed by atoms with Gasteiger partial charge in [-0.2, -0.15) is 5.06 Å². The summed E-state index contributed by atoms with van der Waals surface area (Å²) in [4.78, 5) is 0. The second-order valence-electron chi connectivity index (χ2n) is 4.43. The number of hydrogen-bond acceptors (Lipinski definition) is 4. The predicted octanol–water partition coefficient (Wildman–Crippen LogP) is 2.91. The third kappa shape index (κ3) is 3.89. The van der Waals surface area contributed by atoms with Crippen LogP contribution in [0.3, 0.4) is 0 Å². The summed E-state index contributed by atoms with van der Waals surface area (Å²) < 4.78 is 10.5. The Bertz CT molecular complexity index is 368. The van der Waals surface area contributed by atoms with E-state index in [0.29, 0.717) is 13.1 Å². The Labute approximate surface area is 109 Å². The van der Waals surface area contributed by atoms with Crippen LogP contribution in [0.1, 0.15) is 31.7 Å². The largest absolute Gasteiger partial charge is 0.493 e. The number of nitrogens with zero attached hydrogens (tertiary/aromatic N) is 1. The van der Waals surface area contributed by atoms with Crippen molar-refractivity contribution in [3.8, 4) is 11.5 Å². The Hall–Kier alpha value is -1.26. The molecule has 1 N–H and O–H groups in total. The zero-order valence-electron chi connectivity index (χ0n) is 11.6. The molecule has 0 radical (unpaired) electrons. The fourth-order valence-electron chi connectivity index (χ4n) is 1.93. The third-order valence-corrected chi connectivity index (χ3v) is 2.94. The van der Waals surface area contributed by atoms with Gasteiger partial charge in [0, 0.05) is 13.1 Å². The molecule has 0 fully saturated rings. The first kappa shape index (κ1) is 14.8. The van der Waals surface area contributed by atoms with Crippen LogP contribution in [0.4, 0.5) is 0 Å². The third-order valence-electron chi connectivity index (χ3n) is 2.94. The first-order chi connectivity index (χ1) is 8.62. The van der Waals surface area contributed by atoms with Gasteiger partial charge in [0.15, 0.2) is 11.5 Å². The molecule has 102 valence electrons. The summed E-state index contributed by atoms with van der Waals surface area (Å²) in [6, 6.07) is 5.86. The Morgan fingerprint density at radius 3 is 2.44 bits per heavy atom. The van der Waals surface area contributed by atoms with E-state index < -0.39 is 0 Å². The van der Waals surface area contributed by atoms with Crippen LogP contribution in [-0.2, 0) is 0 Å². The van der Waals surface area contributed by atoms with Crippen molar-refractivity contribution >= 4 is 0 Å². The average molecular weight is 253 g/mol. The summed E-state index contributed by atoms with van der Waals surface area (Å²) in [5.74, 6) is 1.69. The molecule has 1 unspecified atom stereocenters. The minimum atomic E-state index is 0.237. The number of benzene rings is 1. The van der Waals surface area contributed by atoms with Gasteiger partial charge >= 0.3 is 0 Å². The minimum absolute atomic E-state index is 0.237. The van der Waals surface area contributed by atoms with Gasteiger partial charge in [-0.05, 0) is 30.0 Å². The molecule has 0 bridgehead atoms. The molecule has 0 amide bonds. The van der Waals surface area contributed by atoms with Gasteiger partial charge in [0.05, 0.1) is 14.2 Å². The fourth-order valence-corrected chi connectivity index (χ4v) is 1.93. The number of hydrogen-bond donors (Lipinski definition) is 1. The Kier molecular flexibility index (Phi) is 5.95. The highest BCUT2D eigenvalue weighted by atomic mass is 16.5. The highest BCUT2D eigenvalue weighted by Gasteiger charge is 2.12. The lowest BCUT2D eigenvalue weighted by Crippen LogP contribution is -2.24. The van der Waals surface area contributed by atoms with Crippen molar-refractivity contribution in [2.24, 2.45) is 0 Å². The highest BCUT2D eigenvalue weighted by Crippen LogP contribution is 2.30. The molecule has 4 nitrogen and oxygen atoms in total. The van der Waals surface area contributed by atoms with Gasteiger partial charge in [0.1, 0.15) is 0 Å². The maximum absolute atomic E-state index is 9.69. The van der Waals surface area contributed by atoms with Crippen LogP contribution in [0.15, 0.2) is 18.2 Å². The molecule has 0 aliphatic carbocycles. The molecule has 0 saturated heterocycles. The van der Waals surface area contributed by atoms with Gasteiger partial charge in [0.2, 0.25) is 0 Å². The minimum Gasteiger partial charge on any atom is -0.493 e. The van der Waals surface area contributed by atoms with Crippen LogP contribution in [0.2, 0.25) is 0 Å². The van der Waals surface area contributed by atoms with E-state index >= 15 is 0 Å². The van der Waals surface area contributed by atoms with Gasteiger partial charge in [-0.3, -0.25) is 0 Å². The molecule has 0 saturated carbocycles. The SMILES string of the molecule is CCCN(O)CC(C)c1ccc(OC)c(OC)c1.